The minimum absolute atomic E-state index is 0.0509. The van der Waals surface area contributed by atoms with Gasteiger partial charge in [-0.1, -0.05) is 12.1 Å². The Balaban J connectivity index is 2.64. The Hall–Kier alpha value is -1.37. The van der Waals surface area contributed by atoms with Crippen molar-refractivity contribution in [1.29, 1.82) is 0 Å². The molecule has 0 bridgehead atoms. The van der Waals surface area contributed by atoms with E-state index in [1.165, 1.54) is 6.07 Å². The second-order valence-corrected chi connectivity index (χ2v) is 4.68. The van der Waals surface area contributed by atoms with Gasteiger partial charge in [-0.3, -0.25) is 0 Å². The molecule has 0 atom stereocenters. The number of aryl methyl sites for hydroxylation is 1. The van der Waals surface area contributed by atoms with E-state index in [-0.39, 0.29) is 29.6 Å². The van der Waals surface area contributed by atoms with Gasteiger partial charge in [-0.15, -0.1) is 0 Å². The first kappa shape index (κ1) is 14.7. The zero-order chi connectivity index (χ0) is 13.8. The molecule has 100 valence electrons. The Morgan fingerprint density at radius 2 is 2.11 bits per heavy atom. The number of alkyl halides is 3. The van der Waals surface area contributed by atoms with Crippen LogP contribution in [0.15, 0.2) is 18.2 Å². The zero-order valence-electron chi connectivity index (χ0n) is 9.54. The third-order valence-electron chi connectivity index (χ3n) is 2.17. The lowest BCUT2D eigenvalue weighted by Gasteiger charge is -2.12. The molecule has 7 heteroatoms. The van der Waals surface area contributed by atoms with Gasteiger partial charge in [0, 0.05) is 12.3 Å². The van der Waals surface area contributed by atoms with Crippen molar-refractivity contribution in [2.75, 3.05) is 17.6 Å². The fraction of sp³-hybridized carbons (Fsp3) is 0.364. The molecule has 0 saturated heterocycles. The summed E-state index contributed by atoms with van der Waals surface area (Å²) in [6.07, 6.45) is 0. The highest BCUT2D eigenvalue weighted by Crippen LogP contribution is 2.30. The van der Waals surface area contributed by atoms with Crippen molar-refractivity contribution in [3.63, 3.8) is 0 Å². The summed E-state index contributed by atoms with van der Waals surface area (Å²) in [6.45, 7) is 1.75. The molecular weight excluding hydrogens is 267 g/mol. The molecule has 0 spiro atoms. The van der Waals surface area contributed by atoms with Gasteiger partial charge in [0.15, 0.2) is 0 Å². The number of para-hydroxylation sites is 1. The molecule has 0 saturated carbocycles. The summed E-state index contributed by atoms with van der Waals surface area (Å²) in [4.78, 5) is 10.9. The van der Waals surface area contributed by atoms with Crippen molar-refractivity contribution in [3.8, 4) is 0 Å². The molecule has 2 N–H and O–H groups in total. The van der Waals surface area contributed by atoms with Crippen LogP contribution in [0.3, 0.4) is 0 Å². The Morgan fingerprint density at radius 1 is 1.44 bits per heavy atom. The number of carbonyl (C=O) groups is 1. The van der Waals surface area contributed by atoms with E-state index in [4.69, 9.17) is 5.11 Å². The SMILES string of the molecule is Cc1cccc(C(=O)O)c1NCCSC(F)(F)F. The Kier molecular flexibility index (Phi) is 4.89. The van der Waals surface area contributed by atoms with Gasteiger partial charge in [-0.2, -0.15) is 13.2 Å². The van der Waals surface area contributed by atoms with Crippen molar-refractivity contribution in [3.05, 3.63) is 29.3 Å². The molecular formula is C11H12F3NO2S. The van der Waals surface area contributed by atoms with E-state index in [1.54, 1.807) is 19.1 Å². The van der Waals surface area contributed by atoms with Crippen LogP contribution in [0.2, 0.25) is 0 Å². The van der Waals surface area contributed by atoms with E-state index >= 15 is 0 Å². The molecule has 0 heterocycles. The molecule has 0 amide bonds. The number of thioether (sulfide) groups is 1. The number of aromatic carboxylic acids is 1. The predicted octanol–water partition coefficient (Wildman–Crippen LogP) is 3.36. The van der Waals surface area contributed by atoms with Crippen molar-refractivity contribution in [1.82, 2.24) is 0 Å². The standard InChI is InChI=1S/C11H12F3NO2S/c1-7-3-2-4-8(10(16)17)9(7)15-5-6-18-11(12,13)14/h2-4,15H,5-6H2,1H3,(H,16,17). The van der Waals surface area contributed by atoms with Crippen molar-refractivity contribution >= 4 is 23.4 Å². The van der Waals surface area contributed by atoms with Gasteiger partial charge in [0.05, 0.1) is 11.3 Å². The molecule has 0 aliphatic carbocycles. The maximum Gasteiger partial charge on any atom is 0.441 e. The second kappa shape index (κ2) is 5.99. The summed E-state index contributed by atoms with van der Waals surface area (Å²) >= 11 is -0.137. The summed E-state index contributed by atoms with van der Waals surface area (Å²) in [5.41, 5.74) is -3.14. The summed E-state index contributed by atoms with van der Waals surface area (Å²) in [5, 5.41) is 11.7. The topological polar surface area (TPSA) is 49.3 Å². The van der Waals surface area contributed by atoms with Gasteiger partial charge >= 0.3 is 11.5 Å². The van der Waals surface area contributed by atoms with E-state index in [1.807, 2.05) is 0 Å². The molecule has 18 heavy (non-hydrogen) atoms. The minimum Gasteiger partial charge on any atom is -0.478 e. The van der Waals surface area contributed by atoms with Crippen LogP contribution in [-0.4, -0.2) is 28.9 Å². The number of benzene rings is 1. The Labute approximate surface area is 106 Å². The van der Waals surface area contributed by atoms with Crippen LogP contribution in [0.4, 0.5) is 18.9 Å². The summed E-state index contributed by atoms with van der Waals surface area (Å²) in [5.74, 6) is -1.28. The number of nitrogens with one attached hydrogen (secondary N) is 1. The molecule has 1 rings (SSSR count). The monoisotopic (exact) mass is 279 g/mol. The van der Waals surface area contributed by atoms with Gasteiger partial charge < -0.3 is 10.4 Å². The average Bonchev–Trinajstić information content (AvgIpc) is 2.24. The molecule has 1 aromatic rings. The van der Waals surface area contributed by atoms with Gasteiger partial charge in [0.25, 0.3) is 0 Å². The van der Waals surface area contributed by atoms with Crippen LogP contribution in [0.1, 0.15) is 15.9 Å². The lowest BCUT2D eigenvalue weighted by Crippen LogP contribution is -2.13. The van der Waals surface area contributed by atoms with Crippen molar-refractivity contribution in [2.45, 2.75) is 12.4 Å². The van der Waals surface area contributed by atoms with E-state index < -0.39 is 11.5 Å². The normalized spacial score (nSPS) is 11.3. The highest BCUT2D eigenvalue weighted by Gasteiger charge is 2.27. The highest BCUT2D eigenvalue weighted by atomic mass is 32.2. The molecule has 1 aromatic carbocycles. The average molecular weight is 279 g/mol. The zero-order valence-corrected chi connectivity index (χ0v) is 10.4. The molecule has 0 radical (unpaired) electrons. The third-order valence-corrected chi connectivity index (χ3v) is 2.91. The van der Waals surface area contributed by atoms with Crippen LogP contribution < -0.4 is 5.32 Å². The molecule has 0 aromatic heterocycles. The summed E-state index contributed by atoms with van der Waals surface area (Å²) in [6, 6.07) is 4.70. The first-order valence-corrected chi connectivity index (χ1v) is 6.07. The van der Waals surface area contributed by atoms with Gasteiger partial charge in [0.2, 0.25) is 0 Å². The number of anilines is 1. The van der Waals surface area contributed by atoms with Gasteiger partial charge in [0.1, 0.15) is 0 Å². The van der Waals surface area contributed by atoms with E-state index in [9.17, 15) is 18.0 Å². The molecule has 0 unspecified atom stereocenters. The van der Waals surface area contributed by atoms with E-state index in [0.29, 0.717) is 11.3 Å². The molecule has 3 nitrogen and oxygen atoms in total. The third kappa shape index (κ3) is 4.48. The van der Waals surface area contributed by atoms with E-state index in [0.717, 1.165) is 0 Å². The second-order valence-electron chi connectivity index (χ2n) is 3.52. The number of carboxylic acid groups (broad SMARTS) is 1. The minimum atomic E-state index is -4.26. The van der Waals surface area contributed by atoms with Crippen LogP contribution in [0, 0.1) is 6.92 Å². The molecule has 0 aliphatic heterocycles. The van der Waals surface area contributed by atoms with Crippen molar-refractivity contribution in [2.24, 2.45) is 0 Å². The Bertz CT molecular complexity index is 435. The number of halogens is 3. The number of carboxylic acids is 1. The van der Waals surface area contributed by atoms with Crippen LogP contribution in [-0.2, 0) is 0 Å². The number of rotatable bonds is 5. The van der Waals surface area contributed by atoms with Crippen molar-refractivity contribution < 1.29 is 23.1 Å². The summed E-state index contributed by atoms with van der Waals surface area (Å²) < 4.78 is 35.7. The van der Waals surface area contributed by atoms with Gasteiger partial charge in [-0.25, -0.2) is 4.79 Å². The van der Waals surface area contributed by atoms with Crippen LogP contribution >= 0.6 is 11.8 Å². The molecule has 0 fully saturated rings. The fourth-order valence-corrected chi connectivity index (χ4v) is 1.86. The van der Waals surface area contributed by atoms with Crippen LogP contribution in [0.5, 0.6) is 0 Å². The highest BCUT2D eigenvalue weighted by molar-refractivity contribution is 8.00. The van der Waals surface area contributed by atoms with Crippen LogP contribution in [0.25, 0.3) is 0 Å². The first-order valence-electron chi connectivity index (χ1n) is 5.09. The maximum absolute atomic E-state index is 11.9. The lowest BCUT2D eigenvalue weighted by atomic mass is 10.1. The number of hydrogen-bond acceptors (Lipinski definition) is 3. The smallest absolute Gasteiger partial charge is 0.441 e. The largest absolute Gasteiger partial charge is 0.478 e. The molecule has 0 aliphatic rings. The summed E-state index contributed by atoms with van der Waals surface area (Å²) in [7, 11) is 0. The van der Waals surface area contributed by atoms with E-state index in [2.05, 4.69) is 5.32 Å². The first-order chi connectivity index (χ1) is 8.31. The Morgan fingerprint density at radius 3 is 2.67 bits per heavy atom. The number of hydrogen-bond donors (Lipinski definition) is 2. The quantitative estimate of drug-likeness (QED) is 0.811. The fourth-order valence-electron chi connectivity index (χ4n) is 1.42. The maximum atomic E-state index is 11.9. The van der Waals surface area contributed by atoms with Gasteiger partial charge in [-0.05, 0) is 30.3 Å². The lowest BCUT2D eigenvalue weighted by molar-refractivity contribution is -0.0327. The predicted molar refractivity (Wildman–Crippen MR) is 65.1 cm³/mol.